The van der Waals surface area contributed by atoms with E-state index in [0.717, 1.165) is 53.3 Å². The second-order valence-electron chi connectivity index (χ2n) is 8.65. The summed E-state index contributed by atoms with van der Waals surface area (Å²) in [6.45, 7) is 0.589. The van der Waals surface area contributed by atoms with Crippen LogP contribution in [0.3, 0.4) is 0 Å². The number of sulfonamides is 1. The molecule has 0 saturated heterocycles. The van der Waals surface area contributed by atoms with Gasteiger partial charge in [0.05, 0.1) is 17.0 Å². The van der Waals surface area contributed by atoms with Gasteiger partial charge in [-0.05, 0) is 44.0 Å². The fourth-order valence-corrected chi connectivity index (χ4v) is 5.05. The fourth-order valence-electron chi connectivity index (χ4n) is 4.04. The minimum atomic E-state index is -3.99. The first-order chi connectivity index (χ1) is 16.5. The number of anilines is 1. The number of amides is 2. The van der Waals surface area contributed by atoms with Gasteiger partial charge in [0.1, 0.15) is 24.2 Å². The van der Waals surface area contributed by atoms with Gasteiger partial charge in [-0.1, -0.05) is 42.6 Å². The third kappa shape index (κ3) is 6.91. The Morgan fingerprint density at radius 3 is 2.37 bits per heavy atom. The van der Waals surface area contributed by atoms with Crippen LogP contribution >= 0.6 is 11.6 Å². The quantitative estimate of drug-likeness (QED) is 0.536. The van der Waals surface area contributed by atoms with Crippen LogP contribution in [0, 0.1) is 11.6 Å². The summed E-state index contributed by atoms with van der Waals surface area (Å²) in [4.78, 5) is 27.5. The van der Waals surface area contributed by atoms with E-state index >= 15 is 0 Å². The highest BCUT2D eigenvalue weighted by atomic mass is 35.5. The number of halogens is 3. The molecule has 0 unspecified atom stereocenters. The third-order valence-electron chi connectivity index (χ3n) is 6.04. The molecule has 2 aromatic carbocycles. The molecule has 7 nitrogen and oxygen atoms in total. The minimum Gasteiger partial charge on any atom is -0.352 e. The first kappa shape index (κ1) is 26.9. The Morgan fingerprint density at radius 1 is 1.11 bits per heavy atom. The van der Waals surface area contributed by atoms with E-state index in [0.29, 0.717) is 0 Å². The van der Waals surface area contributed by atoms with E-state index < -0.39 is 46.1 Å². The number of benzene rings is 2. The Hall–Kier alpha value is -2.72. The van der Waals surface area contributed by atoms with Crippen LogP contribution in [-0.2, 0) is 26.2 Å². The number of hydrogen-bond acceptors (Lipinski definition) is 4. The monoisotopic (exact) mass is 527 g/mol. The molecule has 1 atom stereocenters. The first-order valence-corrected chi connectivity index (χ1v) is 13.5. The van der Waals surface area contributed by atoms with E-state index in [1.165, 1.54) is 31.2 Å². The van der Waals surface area contributed by atoms with Gasteiger partial charge in [-0.15, -0.1) is 0 Å². The molecule has 2 aromatic rings. The molecule has 2 amide bonds. The zero-order valence-electron chi connectivity index (χ0n) is 19.5. The summed E-state index contributed by atoms with van der Waals surface area (Å²) in [6, 6.07) is 8.13. The van der Waals surface area contributed by atoms with E-state index in [2.05, 4.69) is 5.32 Å². The summed E-state index contributed by atoms with van der Waals surface area (Å²) >= 11 is 5.82. The second kappa shape index (κ2) is 11.3. The lowest BCUT2D eigenvalue weighted by atomic mass is 10.1. The van der Waals surface area contributed by atoms with Crippen LogP contribution in [0.5, 0.6) is 0 Å². The molecule has 1 aliphatic rings. The molecule has 0 spiro atoms. The Morgan fingerprint density at radius 2 is 1.77 bits per heavy atom. The van der Waals surface area contributed by atoms with Crippen molar-refractivity contribution in [2.24, 2.45) is 0 Å². The Labute approximate surface area is 209 Å². The van der Waals surface area contributed by atoms with E-state index in [4.69, 9.17) is 11.6 Å². The van der Waals surface area contributed by atoms with Crippen molar-refractivity contribution in [1.29, 1.82) is 0 Å². The van der Waals surface area contributed by atoms with E-state index in [1.807, 2.05) is 0 Å². The summed E-state index contributed by atoms with van der Waals surface area (Å²) in [7, 11) is -3.99. The number of carbonyl (C=O) groups excluding carboxylic acids is 2. The molecule has 1 aliphatic carbocycles. The van der Waals surface area contributed by atoms with Gasteiger partial charge in [-0.2, -0.15) is 0 Å². The molecular weight excluding hydrogens is 500 g/mol. The molecule has 1 saturated carbocycles. The second-order valence-corrected chi connectivity index (χ2v) is 11.0. The molecule has 3 rings (SSSR count). The van der Waals surface area contributed by atoms with Gasteiger partial charge >= 0.3 is 0 Å². The molecule has 35 heavy (non-hydrogen) atoms. The molecule has 1 fully saturated rings. The lowest BCUT2D eigenvalue weighted by Gasteiger charge is -2.32. The number of carbonyl (C=O) groups is 2. The average Bonchev–Trinajstić information content (AvgIpc) is 3.30. The lowest BCUT2D eigenvalue weighted by molar-refractivity contribution is -0.139. The SMILES string of the molecule is C[C@H](C(=O)NC1CCCC1)N(Cc1ccccc1F)C(=O)CN(c1ccc(F)c(Cl)c1)S(C)(=O)=O. The van der Waals surface area contributed by atoms with Crippen molar-refractivity contribution in [3.63, 3.8) is 0 Å². The van der Waals surface area contributed by atoms with Gasteiger partial charge in [0.2, 0.25) is 21.8 Å². The zero-order chi connectivity index (χ0) is 25.8. The maximum absolute atomic E-state index is 14.4. The molecule has 190 valence electrons. The molecule has 0 bridgehead atoms. The molecule has 11 heteroatoms. The highest BCUT2D eigenvalue weighted by Crippen LogP contribution is 2.25. The molecule has 0 radical (unpaired) electrons. The smallest absolute Gasteiger partial charge is 0.244 e. The maximum atomic E-state index is 14.4. The van der Waals surface area contributed by atoms with E-state index in [-0.39, 0.29) is 28.9 Å². The van der Waals surface area contributed by atoms with Gasteiger partial charge in [-0.25, -0.2) is 17.2 Å². The van der Waals surface area contributed by atoms with Crippen LogP contribution < -0.4 is 9.62 Å². The van der Waals surface area contributed by atoms with E-state index in [9.17, 15) is 26.8 Å². The van der Waals surface area contributed by atoms with Crippen LogP contribution in [0.4, 0.5) is 14.5 Å². The standard InChI is InChI=1S/C24H28ClF2N3O4S/c1-16(24(32)28-18-8-4-5-9-18)29(14-17-7-3-6-10-21(17)26)23(31)15-30(35(2,33)34)19-11-12-22(27)20(25)13-19/h3,6-7,10-13,16,18H,4-5,8-9,14-15H2,1-2H3,(H,28,32)/t16-/m1/s1. The number of hydrogen-bond donors (Lipinski definition) is 1. The normalized spacial score (nSPS) is 15.0. The van der Waals surface area contributed by atoms with Crippen LogP contribution in [0.1, 0.15) is 38.2 Å². The molecule has 0 aliphatic heterocycles. The topological polar surface area (TPSA) is 86.8 Å². The van der Waals surface area contributed by atoms with Crippen LogP contribution in [-0.4, -0.2) is 50.0 Å². The highest BCUT2D eigenvalue weighted by Gasteiger charge is 2.32. The summed E-state index contributed by atoms with van der Waals surface area (Å²) in [5.41, 5.74) is 0.165. The Kier molecular flexibility index (Phi) is 8.71. The predicted molar refractivity (Wildman–Crippen MR) is 130 cm³/mol. The number of nitrogens with zero attached hydrogens (tertiary/aromatic N) is 2. The van der Waals surface area contributed by atoms with Gasteiger partial charge < -0.3 is 10.2 Å². The number of rotatable bonds is 9. The summed E-state index contributed by atoms with van der Waals surface area (Å²) in [5.74, 6) is -2.43. The fraction of sp³-hybridized carbons (Fsp3) is 0.417. The molecule has 1 N–H and O–H groups in total. The Balaban J connectivity index is 1.90. The lowest BCUT2D eigenvalue weighted by Crippen LogP contribution is -2.52. The Bertz CT molecular complexity index is 1190. The van der Waals surface area contributed by atoms with Crippen molar-refractivity contribution in [1.82, 2.24) is 10.2 Å². The maximum Gasteiger partial charge on any atom is 0.244 e. The van der Waals surface area contributed by atoms with Crippen molar-refractivity contribution in [2.45, 2.75) is 51.2 Å². The van der Waals surface area contributed by atoms with Crippen LogP contribution in [0.15, 0.2) is 42.5 Å². The molecule has 0 aromatic heterocycles. The van der Waals surface area contributed by atoms with Gasteiger partial charge in [0.15, 0.2) is 0 Å². The average molecular weight is 528 g/mol. The number of nitrogens with one attached hydrogen (secondary N) is 1. The summed E-state index contributed by atoms with van der Waals surface area (Å²) < 4.78 is 53.8. The van der Waals surface area contributed by atoms with Gasteiger partial charge in [-0.3, -0.25) is 13.9 Å². The summed E-state index contributed by atoms with van der Waals surface area (Å²) in [5, 5.41) is 2.62. The third-order valence-corrected chi connectivity index (χ3v) is 7.47. The zero-order valence-corrected chi connectivity index (χ0v) is 21.1. The van der Waals surface area contributed by atoms with Crippen molar-refractivity contribution in [2.75, 3.05) is 17.1 Å². The van der Waals surface area contributed by atoms with Crippen molar-refractivity contribution in [3.05, 3.63) is 64.7 Å². The summed E-state index contributed by atoms with van der Waals surface area (Å²) in [6.07, 6.45) is 4.58. The van der Waals surface area contributed by atoms with Gasteiger partial charge in [0.25, 0.3) is 0 Å². The minimum absolute atomic E-state index is 0.00392. The van der Waals surface area contributed by atoms with Crippen LogP contribution in [0.2, 0.25) is 5.02 Å². The highest BCUT2D eigenvalue weighted by molar-refractivity contribution is 7.92. The molecular formula is C24H28ClF2N3O4S. The van der Waals surface area contributed by atoms with Crippen LogP contribution in [0.25, 0.3) is 0 Å². The van der Waals surface area contributed by atoms with Crippen molar-refractivity contribution in [3.8, 4) is 0 Å². The van der Waals surface area contributed by atoms with Gasteiger partial charge in [0, 0.05) is 18.2 Å². The van der Waals surface area contributed by atoms with Crippen molar-refractivity contribution >= 4 is 39.1 Å². The predicted octanol–water partition coefficient (Wildman–Crippen LogP) is 3.86. The largest absolute Gasteiger partial charge is 0.352 e. The molecule has 0 heterocycles. The van der Waals surface area contributed by atoms with E-state index in [1.54, 1.807) is 6.07 Å². The first-order valence-electron chi connectivity index (χ1n) is 11.2. The van der Waals surface area contributed by atoms with Crippen molar-refractivity contribution < 1.29 is 26.8 Å².